The molecule has 1 aliphatic rings. The summed E-state index contributed by atoms with van der Waals surface area (Å²) in [7, 11) is 0. The van der Waals surface area contributed by atoms with E-state index in [9.17, 15) is 4.79 Å². The van der Waals surface area contributed by atoms with Crippen LogP contribution in [-0.4, -0.2) is 38.9 Å². The van der Waals surface area contributed by atoms with Crippen LogP contribution < -0.4 is 0 Å². The van der Waals surface area contributed by atoms with Gasteiger partial charge in [-0.25, -0.2) is 0 Å². The highest BCUT2D eigenvalue weighted by molar-refractivity contribution is 5.65. The summed E-state index contributed by atoms with van der Waals surface area (Å²) in [5.74, 6) is 0.311. The fourth-order valence-corrected chi connectivity index (χ4v) is 3.33. The lowest BCUT2D eigenvalue weighted by molar-refractivity contribution is -0.148. The van der Waals surface area contributed by atoms with Gasteiger partial charge in [0.1, 0.15) is 12.7 Å². The molecule has 0 N–H and O–H groups in total. The Balaban J connectivity index is 1.34. The Bertz CT molecular complexity index is 999. The Morgan fingerprint density at radius 1 is 1.07 bits per heavy atom. The smallest absolute Gasteiger partial charge is 0.302 e. The molecule has 0 spiro atoms. The summed E-state index contributed by atoms with van der Waals surface area (Å²) in [5.41, 5.74) is 3.69. The van der Waals surface area contributed by atoms with E-state index in [1.54, 1.807) is 0 Å². The monoisotopic (exact) mass is 404 g/mol. The molecule has 1 aliphatic heterocycles. The second-order valence-corrected chi connectivity index (χ2v) is 7.28. The summed E-state index contributed by atoms with van der Waals surface area (Å²) in [6, 6.07) is 18.9. The lowest BCUT2D eigenvalue weighted by Gasteiger charge is -2.24. The van der Waals surface area contributed by atoms with Gasteiger partial charge in [-0.05, 0) is 28.3 Å². The Labute approximate surface area is 175 Å². The molecule has 4 rings (SSSR count). The zero-order valence-corrected chi connectivity index (χ0v) is 16.8. The molecule has 154 valence electrons. The van der Waals surface area contributed by atoms with Crippen molar-refractivity contribution >= 4 is 5.97 Å². The predicted octanol–water partition coefficient (Wildman–Crippen LogP) is 3.26. The molecule has 3 aromatic rings. The zero-order chi connectivity index (χ0) is 20.8. The molecule has 2 atom stereocenters. The summed E-state index contributed by atoms with van der Waals surface area (Å²) in [4.78, 5) is 12.5. The Hall–Kier alpha value is -3.32. The third-order valence-corrected chi connectivity index (χ3v) is 4.83. The third-order valence-electron chi connectivity index (χ3n) is 4.83. The van der Waals surface area contributed by atoms with Gasteiger partial charge in [0.25, 0.3) is 0 Å². The number of hydrogen-bond acceptors (Lipinski definition) is 6. The van der Waals surface area contributed by atoms with Crippen LogP contribution in [0.4, 0.5) is 0 Å². The van der Waals surface area contributed by atoms with E-state index >= 15 is 0 Å². The van der Waals surface area contributed by atoms with Crippen molar-refractivity contribution in [3.8, 4) is 0 Å². The summed E-state index contributed by atoms with van der Waals surface area (Å²) in [6.07, 6.45) is 5.36. The normalized spacial score (nSPS) is 18.3. The summed E-state index contributed by atoms with van der Waals surface area (Å²) in [6.45, 7) is 1.56. The first-order chi connectivity index (χ1) is 14.7. The summed E-state index contributed by atoms with van der Waals surface area (Å²) < 4.78 is 10.9. The molecule has 0 radical (unpaired) electrons. The molecule has 0 bridgehead atoms. The highest BCUT2D eigenvalue weighted by Crippen LogP contribution is 2.21. The number of aromatic nitrogens is 4. The van der Waals surface area contributed by atoms with E-state index < -0.39 is 0 Å². The van der Waals surface area contributed by atoms with Gasteiger partial charge in [-0.3, -0.25) is 4.79 Å². The number of benzene rings is 2. The van der Waals surface area contributed by atoms with E-state index in [1.807, 2.05) is 18.2 Å². The van der Waals surface area contributed by atoms with Gasteiger partial charge in [0, 0.05) is 19.8 Å². The number of carbonyl (C=O) groups excluding carboxylic acids is 1. The molecule has 0 saturated heterocycles. The lowest BCUT2D eigenvalue weighted by Crippen LogP contribution is -2.28. The number of ether oxygens (including phenoxy) is 2. The van der Waals surface area contributed by atoms with Crippen LogP contribution in [0.3, 0.4) is 0 Å². The maximum absolute atomic E-state index is 11.0. The second kappa shape index (κ2) is 9.45. The highest BCUT2D eigenvalue weighted by atomic mass is 16.6. The summed E-state index contributed by atoms with van der Waals surface area (Å²) >= 11 is 0. The zero-order valence-electron chi connectivity index (χ0n) is 16.8. The van der Waals surface area contributed by atoms with Crippen LogP contribution in [0, 0.1) is 0 Å². The predicted molar refractivity (Wildman–Crippen MR) is 111 cm³/mol. The summed E-state index contributed by atoms with van der Waals surface area (Å²) in [5, 5.41) is 12.8. The van der Waals surface area contributed by atoms with Gasteiger partial charge in [-0.15, -0.1) is 15.0 Å². The molecule has 7 heteroatoms. The SMILES string of the molecule is CC(=O)OCC1C=CCC(n2nnc(Cc3ccc(Cc4ccccc4)cc3)n2)O1. The van der Waals surface area contributed by atoms with Crippen molar-refractivity contribution in [2.45, 2.75) is 38.5 Å². The molecule has 0 aliphatic carbocycles. The van der Waals surface area contributed by atoms with Crippen LogP contribution in [0.15, 0.2) is 66.7 Å². The second-order valence-electron chi connectivity index (χ2n) is 7.28. The maximum atomic E-state index is 11.0. The minimum Gasteiger partial charge on any atom is -0.463 e. The van der Waals surface area contributed by atoms with Gasteiger partial charge >= 0.3 is 5.97 Å². The van der Waals surface area contributed by atoms with Gasteiger partial charge in [0.05, 0.1) is 0 Å². The van der Waals surface area contributed by atoms with Crippen molar-refractivity contribution in [1.29, 1.82) is 0 Å². The van der Waals surface area contributed by atoms with Crippen molar-refractivity contribution in [3.63, 3.8) is 0 Å². The lowest BCUT2D eigenvalue weighted by atomic mass is 10.0. The fourth-order valence-electron chi connectivity index (χ4n) is 3.33. The highest BCUT2D eigenvalue weighted by Gasteiger charge is 2.22. The van der Waals surface area contributed by atoms with Crippen molar-refractivity contribution < 1.29 is 14.3 Å². The van der Waals surface area contributed by atoms with Crippen LogP contribution in [0.1, 0.15) is 42.1 Å². The van der Waals surface area contributed by atoms with Crippen LogP contribution >= 0.6 is 0 Å². The molecular weight excluding hydrogens is 380 g/mol. The topological polar surface area (TPSA) is 79.1 Å². The average Bonchev–Trinajstić information content (AvgIpc) is 3.23. The maximum Gasteiger partial charge on any atom is 0.302 e. The number of carbonyl (C=O) groups is 1. The number of esters is 1. The molecule has 1 aromatic heterocycles. The Kier molecular flexibility index (Phi) is 6.29. The quantitative estimate of drug-likeness (QED) is 0.444. The van der Waals surface area contributed by atoms with Crippen LogP contribution in [0.5, 0.6) is 0 Å². The number of nitrogens with zero attached hydrogens (tertiary/aromatic N) is 4. The first-order valence-electron chi connectivity index (χ1n) is 10.0. The molecule has 30 heavy (non-hydrogen) atoms. The van der Waals surface area contributed by atoms with Crippen molar-refractivity contribution in [3.05, 3.63) is 89.3 Å². The van der Waals surface area contributed by atoms with Crippen molar-refractivity contribution in [1.82, 2.24) is 20.2 Å². The van der Waals surface area contributed by atoms with Crippen molar-refractivity contribution in [2.75, 3.05) is 6.61 Å². The minimum absolute atomic E-state index is 0.180. The van der Waals surface area contributed by atoms with E-state index in [0.717, 1.165) is 12.0 Å². The Morgan fingerprint density at radius 3 is 2.50 bits per heavy atom. The molecule has 0 saturated carbocycles. The molecule has 2 unspecified atom stereocenters. The first-order valence-corrected chi connectivity index (χ1v) is 10.0. The molecular formula is C23H24N4O3. The van der Waals surface area contributed by atoms with Crippen molar-refractivity contribution in [2.24, 2.45) is 0 Å². The van der Waals surface area contributed by atoms with E-state index in [2.05, 4.69) is 63.9 Å². The van der Waals surface area contributed by atoms with E-state index in [0.29, 0.717) is 18.7 Å². The largest absolute Gasteiger partial charge is 0.463 e. The number of rotatable bonds is 7. The average molecular weight is 404 g/mol. The number of tetrazole rings is 1. The van der Waals surface area contributed by atoms with Gasteiger partial charge < -0.3 is 9.47 Å². The van der Waals surface area contributed by atoms with Gasteiger partial charge in [-0.2, -0.15) is 0 Å². The third kappa shape index (κ3) is 5.39. The van der Waals surface area contributed by atoms with E-state index in [1.165, 1.54) is 22.8 Å². The molecule has 0 fully saturated rings. The molecule has 2 aromatic carbocycles. The molecule has 2 heterocycles. The first kappa shape index (κ1) is 20.0. The van der Waals surface area contributed by atoms with E-state index in [4.69, 9.17) is 9.47 Å². The fraction of sp³-hybridized carbons (Fsp3) is 0.304. The standard InChI is InChI=1S/C23H24N4O3/c1-17(28)29-16-21-8-5-9-23(30-21)27-25-22(24-26-27)15-20-12-10-19(11-13-20)14-18-6-3-2-4-7-18/h2-8,10-13,21,23H,9,14-16H2,1H3. The van der Waals surface area contributed by atoms with Gasteiger partial charge in [0.2, 0.25) is 0 Å². The Morgan fingerprint density at radius 2 is 1.77 bits per heavy atom. The van der Waals surface area contributed by atoms with Gasteiger partial charge in [0.15, 0.2) is 12.1 Å². The molecule has 0 amide bonds. The van der Waals surface area contributed by atoms with E-state index in [-0.39, 0.29) is 24.9 Å². The van der Waals surface area contributed by atoms with Crippen LogP contribution in [0.2, 0.25) is 0 Å². The van der Waals surface area contributed by atoms with Crippen LogP contribution in [-0.2, 0) is 27.1 Å². The number of hydrogen-bond donors (Lipinski definition) is 0. The minimum atomic E-state index is -0.356. The molecule has 7 nitrogen and oxygen atoms in total. The van der Waals surface area contributed by atoms with Gasteiger partial charge in [-0.1, -0.05) is 66.7 Å². The van der Waals surface area contributed by atoms with Crippen LogP contribution in [0.25, 0.3) is 0 Å².